The zero-order chi connectivity index (χ0) is 9.84. The van der Waals surface area contributed by atoms with Gasteiger partial charge in [0, 0.05) is 5.88 Å². The third-order valence-electron chi connectivity index (χ3n) is 1.95. The topological polar surface area (TPSA) is 0 Å². The molecule has 1 unspecified atom stereocenters. The lowest BCUT2D eigenvalue weighted by Crippen LogP contribution is -2.01. The van der Waals surface area contributed by atoms with Gasteiger partial charge in [-0.25, -0.2) is 4.39 Å². The molecule has 2 heteroatoms. The maximum atomic E-state index is 12.9. The van der Waals surface area contributed by atoms with Crippen LogP contribution in [0.2, 0.25) is 0 Å². The Balaban J connectivity index is 2.77. The summed E-state index contributed by atoms with van der Waals surface area (Å²) in [4.78, 5) is 0. The number of halogens is 2. The number of alkyl halides is 1. The normalized spacial score (nSPS) is 12.9. The van der Waals surface area contributed by atoms with Crippen molar-refractivity contribution in [3.63, 3.8) is 0 Å². The largest absolute Gasteiger partial charge is 0.207 e. The van der Waals surface area contributed by atoms with Crippen molar-refractivity contribution in [2.75, 3.05) is 5.88 Å². The molecule has 0 aromatic heterocycles. The molecule has 1 aromatic carbocycles. The zero-order valence-corrected chi connectivity index (χ0v) is 8.74. The van der Waals surface area contributed by atoms with E-state index in [4.69, 9.17) is 11.6 Å². The van der Waals surface area contributed by atoms with Gasteiger partial charge >= 0.3 is 0 Å². The Labute approximate surface area is 83.7 Å². The smallest absolute Gasteiger partial charge is 0.123 e. The van der Waals surface area contributed by atoms with Crippen molar-refractivity contribution in [2.24, 2.45) is 5.92 Å². The van der Waals surface area contributed by atoms with Gasteiger partial charge in [-0.15, -0.1) is 11.6 Å². The summed E-state index contributed by atoms with van der Waals surface area (Å²) in [6, 6.07) is 5.12. The molecular weight excluding hydrogens is 187 g/mol. The van der Waals surface area contributed by atoms with Gasteiger partial charge in [0.2, 0.25) is 0 Å². The molecule has 1 rings (SSSR count). The molecule has 0 nitrogen and oxygen atoms in total. The number of benzene rings is 1. The number of hydrogen-bond acceptors (Lipinski definition) is 0. The molecule has 1 atom stereocenters. The van der Waals surface area contributed by atoms with Gasteiger partial charge in [0.25, 0.3) is 0 Å². The minimum atomic E-state index is -0.156. The Morgan fingerprint density at radius 3 is 2.62 bits per heavy atom. The van der Waals surface area contributed by atoms with Crippen molar-refractivity contribution < 1.29 is 4.39 Å². The summed E-state index contributed by atoms with van der Waals surface area (Å²) >= 11 is 5.69. The summed E-state index contributed by atoms with van der Waals surface area (Å²) in [7, 11) is 0. The van der Waals surface area contributed by atoms with Crippen LogP contribution in [0.5, 0.6) is 0 Å². The second kappa shape index (κ2) is 4.61. The lowest BCUT2D eigenvalue weighted by molar-refractivity contribution is 0.613. The van der Waals surface area contributed by atoms with Crippen LogP contribution in [0.3, 0.4) is 0 Å². The number of rotatable bonds is 3. The Hall–Kier alpha value is -0.560. The van der Waals surface area contributed by atoms with Crippen LogP contribution in [0.15, 0.2) is 18.2 Å². The Morgan fingerprint density at radius 2 is 2.08 bits per heavy atom. The van der Waals surface area contributed by atoms with Gasteiger partial charge in [0.15, 0.2) is 0 Å². The molecule has 0 amide bonds. The Kier molecular flexibility index (Phi) is 3.73. The van der Waals surface area contributed by atoms with Gasteiger partial charge < -0.3 is 0 Å². The van der Waals surface area contributed by atoms with E-state index < -0.39 is 0 Å². The molecule has 0 fully saturated rings. The fourth-order valence-corrected chi connectivity index (χ4v) is 1.50. The van der Waals surface area contributed by atoms with E-state index in [1.165, 1.54) is 6.07 Å². The highest BCUT2D eigenvalue weighted by atomic mass is 35.5. The zero-order valence-electron chi connectivity index (χ0n) is 7.98. The molecule has 0 saturated heterocycles. The standard InChI is InChI=1S/C11H14ClF/c1-8-3-10(4-9(2)7-12)6-11(13)5-8/h3,5-6,9H,4,7H2,1-2H3. The highest BCUT2D eigenvalue weighted by molar-refractivity contribution is 6.18. The van der Waals surface area contributed by atoms with Crippen LogP contribution in [0.25, 0.3) is 0 Å². The van der Waals surface area contributed by atoms with E-state index in [0.29, 0.717) is 11.8 Å². The fraction of sp³-hybridized carbons (Fsp3) is 0.455. The minimum absolute atomic E-state index is 0.156. The molecule has 0 spiro atoms. The first-order chi connectivity index (χ1) is 6.11. The molecule has 0 heterocycles. The summed E-state index contributed by atoms with van der Waals surface area (Å²) in [5.41, 5.74) is 2.00. The second-order valence-corrected chi connectivity index (χ2v) is 3.91. The van der Waals surface area contributed by atoms with E-state index in [2.05, 4.69) is 6.92 Å². The third kappa shape index (κ3) is 3.35. The van der Waals surface area contributed by atoms with Crippen LogP contribution in [0.4, 0.5) is 4.39 Å². The quantitative estimate of drug-likeness (QED) is 0.655. The van der Waals surface area contributed by atoms with Crippen molar-refractivity contribution in [3.05, 3.63) is 35.1 Å². The van der Waals surface area contributed by atoms with Crippen molar-refractivity contribution in [3.8, 4) is 0 Å². The van der Waals surface area contributed by atoms with E-state index in [9.17, 15) is 4.39 Å². The van der Waals surface area contributed by atoms with Gasteiger partial charge in [-0.1, -0.05) is 13.0 Å². The molecule has 0 aliphatic rings. The summed E-state index contributed by atoms with van der Waals surface area (Å²) in [5, 5.41) is 0. The minimum Gasteiger partial charge on any atom is -0.207 e. The molecular formula is C11H14ClF. The number of hydrogen-bond donors (Lipinski definition) is 0. The molecule has 0 saturated carbocycles. The average Bonchev–Trinajstić information content (AvgIpc) is 2.02. The summed E-state index contributed by atoms with van der Waals surface area (Å²) < 4.78 is 12.9. The average molecular weight is 201 g/mol. The van der Waals surface area contributed by atoms with E-state index in [0.717, 1.165) is 17.5 Å². The molecule has 0 aliphatic carbocycles. The summed E-state index contributed by atoms with van der Waals surface area (Å²) in [5.74, 6) is 0.870. The van der Waals surface area contributed by atoms with Crippen LogP contribution in [-0.2, 0) is 6.42 Å². The van der Waals surface area contributed by atoms with Crippen LogP contribution in [0.1, 0.15) is 18.1 Å². The lowest BCUT2D eigenvalue weighted by atomic mass is 10.0. The first-order valence-electron chi connectivity index (χ1n) is 4.44. The fourth-order valence-electron chi connectivity index (χ4n) is 1.39. The van der Waals surface area contributed by atoms with Crippen LogP contribution in [-0.4, -0.2) is 5.88 Å². The summed E-state index contributed by atoms with van der Waals surface area (Å²) in [6.07, 6.45) is 0.849. The molecule has 72 valence electrons. The predicted molar refractivity (Wildman–Crippen MR) is 54.7 cm³/mol. The maximum Gasteiger partial charge on any atom is 0.123 e. The van der Waals surface area contributed by atoms with Crippen molar-refractivity contribution in [1.82, 2.24) is 0 Å². The SMILES string of the molecule is Cc1cc(F)cc(CC(C)CCl)c1. The van der Waals surface area contributed by atoms with Crippen LogP contribution in [0, 0.1) is 18.7 Å². The van der Waals surface area contributed by atoms with E-state index in [1.807, 2.05) is 13.0 Å². The van der Waals surface area contributed by atoms with Crippen LogP contribution >= 0.6 is 11.6 Å². The molecule has 0 aliphatic heterocycles. The summed E-state index contributed by atoms with van der Waals surface area (Å²) in [6.45, 7) is 3.96. The Morgan fingerprint density at radius 1 is 1.38 bits per heavy atom. The van der Waals surface area contributed by atoms with Crippen molar-refractivity contribution in [1.29, 1.82) is 0 Å². The lowest BCUT2D eigenvalue weighted by Gasteiger charge is -2.07. The van der Waals surface area contributed by atoms with Gasteiger partial charge in [-0.05, 0) is 42.5 Å². The van der Waals surface area contributed by atoms with E-state index in [1.54, 1.807) is 6.07 Å². The molecule has 0 bridgehead atoms. The molecule has 1 aromatic rings. The monoisotopic (exact) mass is 200 g/mol. The maximum absolute atomic E-state index is 12.9. The third-order valence-corrected chi connectivity index (χ3v) is 2.48. The molecule has 0 radical (unpaired) electrons. The second-order valence-electron chi connectivity index (χ2n) is 3.60. The molecule has 0 N–H and O–H groups in total. The Bertz CT molecular complexity index is 263. The molecule has 13 heavy (non-hydrogen) atoms. The van der Waals surface area contributed by atoms with E-state index >= 15 is 0 Å². The van der Waals surface area contributed by atoms with Gasteiger partial charge in [0.05, 0.1) is 0 Å². The highest BCUT2D eigenvalue weighted by Crippen LogP contribution is 2.13. The highest BCUT2D eigenvalue weighted by Gasteiger charge is 2.03. The first kappa shape index (κ1) is 10.5. The first-order valence-corrected chi connectivity index (χ1v) is 4.97. The van der Waals surface area contributed by atoms with Gasteiger partial charge in [0.1, 0.15) is 5.82 Å². The van der Waals surface area contributed by atoms with E-state index in [-0.39, 0.29) is 5.82 Å². The predicted octanol–water partition coefficient (Wildman–Crippen LogP) is 3.55. The van der Waals surface area contributed by atoms with Gasteiger partial charge in [-0.2, -0.15) is 0 Å². The van der Waals surface area contributed by atoms with Crippen molar-refractivity contribution in [2.45, 2.75) is 20.3 Å². The number of aryl methyl sites for hydroxylation is 1. The van der Waals surface area contributed by atoms with Crippen molar-refractivity contribution >= 4 is 11.6 Å². The van der Waals surface area contributed by atoms with Gasteiger partial charge in [-0.3, -0.25) is 0 Å². The van der Waals surface area contributed by atoms with Crippen LogP contribution < -0.4 is 0 Å².